The van der Waals surface area contributed by atoms with E-state index in [1.54, 1.807) is 12.0 Å². The molecule has 0 radical (unpaired) electrons. The van der Waals surface area contributed by atoms with Crippen LogP contribution in [0.2, 0.25) is 0 Å². The van der Waals surface area contributed by atoms with Gasteiger partial charge in [0.05, 0.1) is 24.5 Å². The zero-order chi connectivity index (χ0) is 26.9. The quantitative estimate of drug-likeness (QED) is 0.502. The number of nitrogens with zero attached hydrogens (tertiary/aromatic N) is 3. The molecule has 2 atom stereocenters. The first-order valence-electron chi connectivity index (χ1n) is 13.1. The normalized spacial score (nSPS) is 18.7. The van der Waals surface area contributed by atoms with E-state index >= 15 is 0 Å². The summed E-state index contributed by atoms with van der Waals surface area (Å²) in [6.07, 6.45) is 2.40. The second-order valence-electron chi connectivity index (χ2n) is 10.8. The molecule has 0 spiro atoms. The summed E-state index contributed by atoms with van der Waals surface area (Å²) in [5.41, 5.74) is 3.37. The highest BCUT2D eigenvalue weighted by Crippen LogP contribution is 2.33. The topological polar surface area (TPSA) is 97.7 Å². The summed E-state index contributed by atoms with van der Waals surface area (Å²) in [5, 5.41) is 11.0. The maximum atomic E-state index is 13.4. The Morgan fingerprint density at radius 2 is 1.82 bits per heavy atom. The van der Waals surface area contributed by atoms with Crippen LogP contribution >= 0.6 is 0 Å². The fourth-order valence-corrected chi connectivity index (χ4v) is 5.22. The average Bonchev–Trinajstić information content (AvgIpc) is 3.60. The van der Waals surface area contributed by atoms with E-state index in [2.05, 4.69) is 10.6 Å². The average molecular weight is 518 g/mol. The molecule has 1 saturated heterocycles. The molecular weight excluding hydrogens is 482 g/mol. The van der Waals surface area contributed by atoms with Crippen LogP contribution in [0.15, 0.2) is 54.6 Å². The van der Waals surface area contributed by atoms with E-state index in [4.69, 9.17) is 14.6 Å². The van der Waals surface area contributed by atoms with Crippen LogP contribution < -0.4 is 15.4 Å². The number of hydrogen-bond acceptors (Lipinski definition) is 5. The van der Waals surface area contributed by atoms with E-state index in [-0.39, 0.29) is 18.0 Å². The largest absolute Gasteiger partial charge is 0.497 e. The van der Waals surface area contributed by atoms with Crippen molar-refractivity contribution >= 4 is 17.9 Å². The summed E-state index contributed by atoms with van der Waals surface area (Å²) in [7, 11) is 1.62. The number of anilines is 1. The SMILES string of the molecule is COc1cccc(C2CN(C(=O)OC(C)(C)C)CC2NC(=O)Nc2c3c(nn2-c2ccccc2)CCC3)c1. The Bertz CT molecular complexity index is 1310. The van der Waals surface area contributed by atoms with Crippen molar-refractivity contribution in [3.05, 3.63) is 71.4 Å². The highest BCUT2D eigenvalue weighted by Gasteiger charge is 2.39. The lowest BCUT2D eigenvalue weighted by atomic mass is 9.94. The molecule has 1 aliphatic carbocycles. The summed E-state index contributed by atoms with van der Waals surface area (Å²) < 4.78 is 12.9. The molecule has 2 N–H and O–H groups in total. The van der Waals surface area contributed by atoms with E-state index in [1.807, 2.05) is 80.1 Å². The zero-order valence-electron chi connectivity index (χ0n) is 22.4. The molecule has 38 heavy (non-hydrogen) atoms. The monoisotopic (exact) mass is 517 g/mol. The van der Waals surface area contributed by atoms with Crippen LogP contribution in [-0.4, -0.2) is 58.6 Å². The molecule has 1 aliphatic heterocycles. The summed E-state index contributed by atoms with van der Waals surface area (Å²) >= 11 is 0. The minimum absolute atomic E-state index is 0.131. The molecule has 5 rings (SSSR count). The van der Waals surface area contributed by atoms with Crippen molar-refractivity contribution in [2.45, 2.75) is 57.6 Å². The van der Waals surface area contributed by atoms with E-state index in [1.165, 1.54) is 0 Å². The number of para-hydroxylation sites is 1. The standard InChI is InChI=1S/C29H35N5O4/c1-29(2,3)38-28(36)33-17-23(19-10-8-13-21(16-19)37-4)25(18-33)30-27(35)31-26-22-14-9-15-24(22)32-34(26)20-11-6-5-7-12-20/h5-8,10-13,16,23,25H,9,14-15,17-18H2,1-4H3,(H2,30,31,35). The smallest absolute Gasteiger partial charge is 0.410 e. The number of hydrogen-bond donors (Lipinski definition) is 2. The Balaban J connectivity index is 1.38. The van der Waals surface area contributed by atoms with Gasteiger partial charge in [0.25, 0.3) is 0 Å². The number of benzene rings is 2. The van der Waals surface area contributed by atoms with Crippen molar-refractivity contribution < 1.29 is 19.1 Å². The predicted octanol–water partition coefficient (Wildman–Crippen LogP) is 4.89. The fourth-order valence-electron chi connectivity index (χ4n) is 5.22. The van der Waals surface area contributed by atoms with Crippen LogP contribution in [0.25, 0.3) is 5.69 Å². The summed E-state index contributed by atoms with van der Waals surface area (Å²) in [5.74, 6) is 1.29. The molecule has 2 unspecified atom stereocenters. The number of nitrogens with one attached hydrogen (secondary N) is 2. The Hall–Kier alpha value is -4.01. The summed E-state index contributed by atoms with van der Waals surface area (Å²) in [6.45, 7) is 6.29. The second kappa shape index (κ2) is 10.4. The maximum Gasteiger partial charge on any atom is 0.410 e. The molecule has 3 aromatic rings. The van der Waals surface area contributed by atoms with E-state index in [9.17, 15) is 9.59 Å². The number of aryl methyl sites for hydroxylation is 1. The van der Waals surface area contributed by atoms with Crippen LogP contribution in [0, 0.1) is 0 Å². The van der Waals surface area contributed by atoms with E-state index in [0.717, 1.165) is 47.5 Å². The van der Waals surface area contributed by atoms with Crippen LogP contribution in [0.3, 0.4) is 0 Å². The first-order valence-corrected chi connectivity index (χ1v) is 13.1. The number of aromatic nitrogens is 2. The van der Waals surface area contributed by atoms with Gasteiger partial charge in [0.2, 0.25) is 0 Å². The number of carbonyl (C=O) groups is 2. The Morgan fingerprint density at radius 3 is 2.55 bits per heavy atom. The lowest BCUT2D eigenvalue weighted by Gasteiger charge is -2.24. The molecule has 0 saturated carbocycles. The van der Waals surface area contributed by atoms with Gasteiger partial charge in [0.15, 0.2) is 0 Å². The van der Waals surface area contributed by atoms with Crippen LogP contribution in [0.4, 0.5) is 15.4 Å². The molecule has 1 aromatic heterocycles. The molecule has 0 bridgehead atoms. The molecule has 2 heterocycles. The van der Waals surface area contributed by atoms with Gasteiger partial charge in [-0.25, -0.2) is 14.3 Å². The van der Waals surface area contributed by atoms with E-state index in [0.29, 0.717) is 18.9 Å². The van der Waals surface area contributed by atoms with Crippen molar-refractivity contribution in [3.63, 3.8) is 0 Å². The van der Waals surface area contributed by atoms with Gasteiger partial charge in [-0.15, -0.1) is 0 Å². The lowest BCUT2D eigenvalue weighted by Crippen LogP contribution is -2.43. The van der Waals surface area contributed by atoms with Gasteiger partial charge < -0.3 is 19.7 Å². The molecule has 3 amide bonds. The summed E-state index contributed by atoms with van der Waals surface area (Å²) in [6, 6.07) is 16.9. The molecular formula is C29H35N5O4. The van der Waals surface area contributed by atoms with Crippen molar-refractivity contribution in [2.24, 2.45) is 0 Å². The van der Waals surface area contributed by atoms with Gasteiger partial charge >= 0.3 is 12.1 Å². The minimum Gasteiger partial charge on any atom is -0.497 e. The number of urea groups is 1. The maximum absolute atomic E-state index is 13.4. The van der Waals surface area contributed by atoms with Crippen LogP contribution in [0.5, 0.6) is 5.75 Å². The van der Waals surface area contributed by atoms with Gasteiger partial charge in [0, 0.05) is 24.6 Å². The molecule has 2 aliphatic rings. The first kappa shape index (κ1) is 25.6. The van der Waals surface area contributed by atoms with Crippen LogP contribution in [-0.2, 0) is 17.6 Å². The van der Waals surface area contributed by atoms with Gasteiger partial charge in [-0.05, 0) is 69.9 Å². The number of amides is 3. The van der Waals surface area contributed by atoms with Gasteiger partial charge in [-0.3, -0.25) is 5.32 Å². The lowest BCUT2D eigenvalue weighted by molar-refractivity contribution is 0.0289. The van der Waals surface area contributed by atoms with Crippen molar-refractivity contribution in [3.8, 4) is 11.4 Å². The second-order valence-corrected chi connectivity index (χ2v) is 10.8. The number of fused-ring (bicyclic) bond motifs is 1. The number of methoxy groups -OCH3 is 1. The minimum atomic E-state index is -0.609. The van der Waals surface area contributed by atoms with Gasteiger partial charge in [-0.1, -0.05) is 30.3 Å². The zero-order valence-corrected chi connectivity index (χ0v) is 22.4. The Kier molecular flexibility index (Phi) is 7.01. The number of carbonyl (C=O) groups excluding carboxylic acids is 2. The number of likely N-dealkylation sites (tertiary alicyclic amines) is 1. The van der Waals surface area contributed by atoms with E-state index < -0.39 is 11.7 Å². The van der Waals surface area contributed by atoms with Gasteiger partial charge in [-0.2, -0.15) is 5.10 Å². The van der Waals surface area contributed by atoms with Crippen molar-refractivity contribution in [1.29, 1.82) is 0 Å². The van der Waals surface area contributed by atoms with Gasteiger partial charge in [0.1, 0.15) is 17.2 Å². The summed E-state index contributed by atoms with van der Waals surface area (Å²) in [4.78, 5) is 28.0. The molecule has 9 heteroatoms. The number of ether oxygens (including phenoxy) is 2. The Labute approximate surface area is 223 Å². The highest BCUT2D eigenvalue weighted by atomic mass is 16.6. The fraction of sp³-hybridized carbons (Fsp3) is 0.414. The molecule has 200 valence electrons. The van der Waals surface area contributed by atoms with Crippen LogP contribution in [0.1, 0.15) is 49.9 Å². The predicted molar refractivity (Wildman–Crippen MR) is 145 cm³/mol. The number of rotatable bonds is 5. The Morgan fingerprint density at radius 1 is 1.03 bits per heavy atom. The third-order valence-electron chi connectivity index (χ3n) is 6.95. The van der Waals surface area contributed by atoms with Crippen molar-refractivity contribution in [1.82, 2.24) is 20.0 Å². The third kappa shape index (κ3) is 5.46. The first-order chi connectivity index (χ1) is 18.2. The molecule has 1 fully saturated rings. The highest BCUT2D eigenvalue weighted by molar-refractivity contribution is 5.90. The van der Waals surface area contributed by atoms with Crippen molar-refractivity contribution in [2.75, 3.05) is 25.5 Å². The molecule has 2 aromatic carbocycles. The molecule has 9 nitrogen and oxygen atoms in total. The third-order valence-corrected chi connectivity index (χ3v) is 6.95.